The number of carbonyl (C=O) groups excluding carboxylic acids is 1. The molecule has 3 fully saturated rings. The number of carbonyl (C=O) groups is 1. The van der Waals surface area contributed by atoms with Crippen LogP contribution in [-0.2, 0) is 9.53 Å². The van der Waals surface area contributed by atoms with E-state index in [1.54, 1.807) is 6.20 Å². The van der Waals surface area contributed by atoms with Crippen molar-refractivity contribution in [3.05, 3.63) is 41.6 Å². The molecule has 0 spiro atoms. The predicted molar refractivity (Wildman–Crippen MR) is 150 cm³/mol. The second kappa shape index (κ2) is 12.9. The first-order valence-electron chi connectivity index (χ1n) is 14.0. The number of amides is 1. The van der Waals surface area contributed by atoms with Gasteiger partial charge < -0.3 is 25.6 Å². The minimum atomic E-state index is 0.308. The Kier molecular flexibility index (Phi) is 9.19. The first-order chi connectivity index (χ1) is 18.1. The van der Waals surface area contributed by atoms with Gasteiger partial charge in [-0.25, -0.2) is 4.98 Å². The average Bonchev–Trinajstić information content (AvgIpc) is 3.34. The van der Waals surface area contributed by atoms with Crippen molar-refractivity contribution in [3.8, 4) is 11.1 Å². The standard InChI is InChI=1S/C29H40ClN5O2/c30-27-20-33-28(34-24-8-6-23(7-9-24)31-12-14-35-13-2-5-29(35)36)18-26(27)22-3-1-4-25(17-22)32-19-21-10-15-37-16-11-21/h1,3-4,17-18,20-21,23-24,31-32H,2,5-16,19H2,(H,33,34). The van der Waals surface area contributed by atoms with Crippen molar-refractivity contribution >= 4 is 29.0 Å². The van der Waals surface area contributed by atoms with Crippen LogP contribution in [0.2, 0.25) is 5.02 Å². The minimum absolute atomic E-state index is 0.308. The summed E-state index contributed by atoms with van der Waals surface area (Å²) in [6.45, 7) is 5.35. The van der Waals surface area contributed by atoms with Crippen LogP contribution in [0.1, 0.15) is 51.4 Å². The van der Waals surface area contributed by atoms with Crippen molar-refractivity contribution < 1.29 is 9.53 Å². The number of hydrogen-bond acceptors (Lipinski definition) is 6. The summed E-state index contributed by atoms with van der Waals surface area (Å²) in [5.41, 5.74) is 3.21. The maximum atomic E-state index is 11.8. The molecule has 0 atom stereocenters. The van der Waals surface area contributed by atoms with Gasteiger partial charge in [-0.2, -0.15) is 0 Å². The number of aromatic nitrogens is 1. The summed E-state index contributed by atoms with van der Waals surface area (Å²) in [7, 11) is 0. The highest BCUT2D eigenvalue weighted by Crippen LogP contribution is 2.32. The lowest BCUT2D eigenvalue weighted by Gasteiger charge is -2.30. The summed E-state index contributed by atoms with van der Waals surface area (Å²) in [6.07, 6.45) is 10.2. The van der Waals surface area contributed by atoms with Gasteiger partial charge in [0, 0.05) is 75.3 Å². The zero-order valence-electron chi connectivity index (χ0n) is 21.7. The number of benzene rings is 1. The van der Waals surface area contributed by atoms with Crippen molar-refractivity contribution in [2.75, 3.05) is 50.0 Å². The molecular formula is C29H40ClN5O2. The molecule has 1 aliphatic carbocycles. The normalized spacial score (nSPS) is 22.8. The van der Waals surface area contributed by atoms with Crippen LogP contribution in [0.4, 0.5) is 11.5 Å². The third-order valence-electron chi connectivity index (χ3n) is 8.03. The fourth-order valence-electron chi connectivity index (χ4n) is 5.74. The van der Waals surface area contributed by atoms with Crippen LogP contribution >= 0.6 is 11.6 Å². The molecule has 8 heteroatoms. The highest BCUT2D eigenvalue weighted by atomic mass is 35.5. The highest BCUT2D eigenvalue weighted by molar-refractivity contribution is 6.33. The van der Waals surface area contributed by atoms with E-state index >= 15 is 0 Å². The van der Waals surface area contributed by atoms with Gasteiger partial charge in [-0.1, -0.05) is 23.7 Å². The number of ether oxygens (including phenoxy) is 1. The van der Waals surface area contributed by atoms with E-state index in [-0.39, 0.29) is 0 Å². The van der Waals surface area contributed by atoms with Crippen LogP contribution in [0.3, 0.4) is 0 Å². The molecule has 7 nitrogen and oxygen atoms in total. The Morgan fingerprint density at radius 2 is 1.86 bits per heavy atom. The molecule has 2 aromatic rings. The van der Waals surface area contributed by atoms with Gasteiger partial charge in [0.2, 0.25) is 5.91 Å². The fourth-order valence-corrected chi connectivity index (χ4v) is 5.96. The molecule has 37 heavy (non-hydrogen) atoms. The van der Waals surface area contributed by atoms with Crippen molar-refractivity contribution in [2.45, 2.75) is 63.5 Å². The van der Waals surface area contributed by atoms with E-state index in [0.717, 1.165) is 113 Å². The van der Waals surface area contributed by atoms with Crippen LogP contribution in [0.15, 0.2) is 36.5 Å². The Balaban J connectivity index is 1.11. The van der Waals surface area contributed by atoms with Crippen LogP contribution in [-0.4, -0.2) is 67.3 Å². The molecule has 3 N–H and O–H groups in total. The summed E-state index contributed by atoms with van der Waals surface area (Å²) in [5, 5.41) is 11.6. The van der Waals surface area contributed by atoms with Gasteiger partial charge in [0.15, 0.2) is 0 Å². The summed E-state index contributed by atoms with van der Waals surface area (Å²) in [4.78, 5) is 18.3. The molecule has 200 valence electrons. The lowest BCUT2D eigenvalue weighted by atomic mass is 9.91. The Morgan fingerprint density at radius 1 is 1.05 bits per heavy atom. The number of hydrogen-bond donors (Lipinski definition) is 3. The van der Waals surface area contributed by atoms with E-state index in [1.165, 1.54) is 0 Å². The van der Waals surface area contributed by atoms with E-state index < -0.39 is 0 Å². The van der Waals surface area contributed by atoms with Crippen molar-refractivity contribution in [1.82, 2.24) is 15.2 Å². The van der Waals surface area contributed by atoms with Gasteiger partial charge in [0.05, 0.1) is 5.02 Å². The van der Waals surface area contributed by atoms with Crippen molar-refractivity contribution in [2.24, 2.45) is 5.92 Å². The molecule has 0 unspecified atom stereocenters. The number of rotatable bonds is 10. The highest BCUT2D eigenvalue weighted by Gasteiger charge is 2.23. The maximum Gasteiger partial charge on any atom is 0.222 e. The smallest absolute Gasteiger partial charge is 0.222 e. The van der Waals surface area contributed by atoms with Gasteiger partial charge in [0.1, 0.15) is 5.82 Å². The predicted octanol–water partition coefficient (Wildman–Crippen LogP) is 5.18. The molecule has 2 aliphatic heterocycles. The third-order valence-corrected chi connectivity index (χ3v) is 8.33. The average molecular weight is 526 g/mol. The van der Waals surface area contributed by atoms with Crippen LogP contribution in [0.25, 0.3) is 11.1 Å². The zero-order valence-corrected chi connectivity index (χ0v) is 22.4. The maximum absolute atomic E-state index is 11.8. The number of pyridine rings is 1. The Labute approximate surface area is 225 Å². The Bertz CT molecular complexity index is 1040. The largest absolute Gasteiger partial charge is 0.385 e. The summed E-state index contributed by atoms with van der Waals surface area (Å²) in [5.74, 6) is 1.85. The molecule has 0 radical (unpaired) electrons. The van der Waals surface area contributed by atoms with Gasteiger partial charge in [-0.05, 0) is 74.6 Å². The van der Waals surface area contributed by atoms with Gasteiger partial charge in [-0.3, -0.25) is 4.79 Å². The summed E-state index contributed by atoms with van der Waals surface area (Å²) >= 11 is 6.59. The molecular weight excluding hydrogens is 486 g/mol. The fraction of sp³-hybridized carbons (Fsp3) is 0.586. The van der Waals surface area contributed by atoms with E-state index in [2.05, 4.69) is 51.3 Å². The lowest BCUT2D eigenvalue weighted by Crippen LogP contribution is -2.41. The first kappa shape index (κ1) is 26.3. The van der Waals surface area contributed by atoms with Gasteiger partial charge in [0.25, 0.3) is 0 Å². The molecule has 1 amide bonds. The molecule has 3 heterocycles. The summed E-state index contributed by atoms with van der Waals surface area (Å²) in [6, 6.07) is 11.5. The van der Waals surface area contributed by atoms with Crippen LogP contribution < -0.4 is 16.0 Å². The number of halogens is 1. The molecule has 0 bridgehead atoms. The number of likely N-dealkylation sites (tertiary alicyclic amines) is 1. The molecule has 1 aromatic carbocycles. The number of anilines is 2. The lowest BCUT2D eigenvalue weighted by molar-refractivity contribution is -0.127. The molecule has 2 saturated heterocycles. The summed E-state index contributed by atoms with van der Waals surface area (Å²) < 4.78 is 5.48. The van der Waals surface area contributed by atoms with Crippen molar-refractivity contribution in [1.29, 1.82) is 0 Å². The Hall–Kier alpha value is -2.35. The molecule has 5 rings (SSSR count). The number of nitrogens with zero attached hydrogens (tertiary/aromatic N) is 2. The second-order valence-corrected chi connectivity index (χ2v) is 11.1. The van der Waals surface area contributed by atoms with E-state index in [4.69, 9.17) is 16.3 Å². The quantitative estimate of drug-likeness (QED) is 0.397. The number of nitrogens with one attached hydrogen (secondary N) is 3. The van der Waals surface area contributed by atoms with E-state index in [9.17, 15) is 4.79 Å². The van der Waals surface area contributed by atoms with Crippen LogP contribution in [0, 0.1) is 5.92 Å². The topological polar surface area (TPSA) is 78.5 Å². The molecule has 1 aromatic heterocycles. The minimum Gasteiger partial charge on any atom is -0.385 e. The van der Waals surface area contributed by atoms with E-state index in [0.29, 0.717) is 28.9 Å². The first-order valence-corrected chi connectivity index (χ1v) is 14.4. The second-order valence-electron chi connectivity index (χ2n) is 10.7. The van der Waals surface area contributed by atoms with Crippen LogP contribution in [0.5, 0.6) is 0 Å². The zero-order chi connectivity index (χ0) is 25.5. The molecule has 3 aliphatic rings. The Morgan fingerprint density at radius 3 is 2.65 bits per heavy atom. The molecule has 1 saturated carbocycles. The van der Waals surface area contributed by atoms with Gasteiger partial charge >= 0.3 is 0 Å². The van der Waals surface area contributed by atoms with Crippen molar-refractivity contribution in [3.63, 3.8) is 0 Å². The van der Waals surface area contributed by atoms with Gasteiger partial charge in [-0.15, -0.1) is 0 Å². The third kappa shape index (κ3) is 7.37. The monoisotopic (exact) mass is 525 g/mol. The SMILES string of the molecule is O=C1CCCN1CCNC1CCC(Nc2cc(-c3cccc(NCC4CCOCC4)c3)c(Cl)cn2)CC1. The van der Waals surface area contributed by atoms with E-state index in [1.807, 2.05) is 4.90 Å².